The second-order valence-corrected chi connectivity index (χ2v) is 9.23. The minimum atomic E-state index is -0.0658. The number of fused-ring (bicyclic) bond motifs is 2. The van der Waals surface area contributed by atoms with Crippen molar-refractivity contribution in [1.29, 1.82) is 0 Å². The van der Waals surface area contributed by atoms with Crippen LogP contribution in [0.1, 0.15) is 53.7 Å². The summed E-state index contributed by atoms with van der Waals surface area (Å²) in [6.45, 7) is 0.512. The highest BCUT2D eigenvalue weighted by Crippen LogP contribution is 2.27. The van der Waals surface area contributed by atoms with Crippen LogP contribution in [0.2, 0.25) is 0 Å². The molecule has 0 radical (unpaired) electrons. The molecule has 5 rings (SSSR count). The number of benzene rings is 3. The molecule has 7 nitrogen and oxygen atoms in total. The lowest BCUT2D eigenvalue weighted by Gasteiger charge is -2.23. The maximum Gasteiger partial charge on any atom is 0.268 e. The molecular formula is C28H30N4O3. The first kappa shape index (κ1) is 22.8. The number of nitrogens with two attached hydrogens (primary N) is 1. The Kier molecular flexibility index (Phi) is 6.31. The number of hydrogen-bond donors (Lipinski definition) is 3. The highest BCUT2D eigenvalue weighted by Gasteiger charge is 2.21. The number of rotatable bonds is 6. The van der Waals surface area contributed by atoms with E-state index in [1.807, 2.05) is 41.0 Å². The van der Waals surface area contributed by atoms with Crippen LogP contribution in [0.5, 0.6) is 5.75 Å². The molecule has 1 aliphatic carbocycles. The summed E-state index contributed by atoms with van der Waals surface area (Å²) in [6, 6.07) is 20.0. The number of ether oxygens (including phenoxy) is 1. The van der Waals surface area contributed by atoms with Gasteiger partial charge in [-0.1, -0.05) is 54.8 Å². The number of methoxy groups -OCH3 is 1. The van der Waals surface area contributed by atoms with Crippen LogP contribution >= 0.6 is 0 Å². The summed E-state index contributed by atoms with van der Waals surface area (Å²) in [5.41, 5.74) is 9.00. The SMILES string of the molecule is COc1ccc2cc(Cn3c(C(=O)NC4CCCCC4)cc4ccc(/C(N)=N\O)cc43)ccc2c1. The van der Waals surface area contributed by atoms with Crippen molar-refractivity contribution in [3.05, 3.63) is 77.5 Å². The molecule has 7 heteroatoms. The Morgan fingerprint density at radius 3 is 2.54 bits per heavy atom. The van der Waals surface area contributed by atoms with Crippen molar-refractivity contribution < 1.29 is 14.7 Å². The smallest absolute Gasteiger partial charge is 0.268 e. The summed E-state index contributed by atoms with van der Waals surface area (Å²) < 4.78 is 7.36. The molecule has 0 aliphatic heterocycles. The molecule has 1 fully saturated rings. The topological polar surface area (TPSA) is 102 Å². The Morgan fingerprint density at radius 2 is 1.77 bits per heavy atom. The van der Waals surface area contributed by atoms with Gasteiger partial charge in [0.05, 0.1) is 7.11 Å². The van der Waals surface area contributed by atoms with Crippen LogP contribution in [0.25, 0.3) is 21.7 Å². The molecule has 1 heterocycles. The lowest BCUT2D eigenvalue weighted by molar-refractivity contribution is 0.0919. The number of carbonyl (C=O) groups is 1. The average molecular weight is 471 g/mol. The fourth-order valence-electron chi connectivity index (χ4n) is 5.02. The van der Waals surface area contributed by atoms with Crippen molar-refractivity contribution in [1.82, 2.24) is 9.88 Å². The van der Waals surface area contributed by atoms with Crippen molar-refractivity contribution in [3.8, 4) is 5.75 Å². The number of carbonyl (C=O) groups excluding carboxylic acids is 1. The molecule has 1 saturated carbocycles. The zero-order chi connectivity index (χ0) is 24.4. The number of hydrogen-bond acceptors (Lipinski definition) is 4. The van der Waals surface area contributed by atoms with E-state index in [4.69, 9.17) is 15.7 Å². The third-order valence-electron chi connectivity index (χ3n) is 6.93. The van der Waals surface area contributed by atoms with E-state index in [2.05, 4.69) is 28.7 Å². The fraction of sp³-hybridized carbons (Fsp3) is 0.286. The molecular weight excluding hydrogens is 440 g/mol. The van der Waals surface area contributed by atoms with Crippen LogP contribution in [-0.2, 0) is 6.54 Å². The van der Waals surface area contributed by atoms with E-state index in [0.29, 0.717) is 17.8 Å². The first-order chi connectivity index (χ1) is 17.1. The highest BCUT2D eigenvalue weighted by atomic mass is 16.5. The van der Waals surface area contributed by atoms with Crippen LogP contribution in [0, 0.1) is 0 Å². The van der Waals surface area contributed by atoms with Gasteiger partial charge in [0.1, 0.15) is 11.4 Å². The Morgan fingerprint density at radius 1 is 1.03 bits per heavy atom. The van der Waals surface area contributed by atoms with Crippen LogP contribution < -0.4 is 15.8 Å². The molecule has 0 saturated heterocycles. The van der Waals surface area contributed by atoms with Crippen molar-refractivity contribution in [3.63, 3.8) is 0 Å². The van der Waals surface area contributed by atoms with Gasteiger partial charge in [0, 0.05) is 29.1 Å². The number of nitrogens with one attached hydrogen (secondary N) is 1. The molecule has 0 atom stereocenters. The molecule has 4 aromatic rings. The van der Waals surface area contributed by atoms with Crippen molar-refractivity contribution in [2.75, 3.05) is 7.11 Å². The molecule has 1 aliphatic rings. The van der Waals surface area contributed by atoms with Gasteiger partial charge in [-0.15, -0.1) is 0 Å². The largest absolute Gasteiger partial charge is 0.497 e. The lowest BCUT2D eigenvalue weighted by Crippen LogP contribution is -2.37. The van der Waals surface area contributed by atoms with Gasteiger partial charge in [-0.2, -0.15) is 0 Å². The predicted octanol–water partition coefficient (Wildman–Crippen LogP) is 5.01. The first-order valence-corrected chi connectivity index (χ1v) is 12.0. The van der Waals surface area contributed by atoms with Gasteiger partial charge >= 0.3 is 0 Å². The molecule has 0 spiro atoms. The molecule has 0 unspecified atom stereocenters. The van der Waals surface area contributed by atoms with E-state index in [9.17, 15) is 4.79 Å². The predicted molar refractivity (Wildman–Crippen MR) is 138 cm³/mol. The molecule has 35 heavy (non-hydrogen) atoms. The van der Waals surface area contributed by atoms with Gasteiger partial charge < -0.3 is 25.6 Å². The first-order valence-electron chi connectivity index (χ1n) is 12.0. The Balaban J connectivity index is 1.55. The van der Waals surface area contributed by atoms with E-state index in [-0.39, 0.29) is 17.8 Å². The van der Waals surface area contributed by atoms with Crippen molar-refractivity contribution in [2.24, 2.45) is 10.9 Å². The second kappa shape index (κ2) is 9.70. The summed E-state index contributed by atoms with van der Waals surface area (Å²) >= 11 is 0. The standard InChI is InChI=1S/C28H30N4O3/c1-35-24-12-11-19-13-18(7-8-20(19)14-24)17-32-25-16-22(27(29)31-34)10-9-21(25)15-26(32)28(33)30-23-5-3-2-4-6-23/h7-16,23,34H,2-6,17H2,1H3,(H2,29,31)(H,30,33). The monoisotopic (exact) mass is 470 g/mol. The number of nitrogens with zero attached hydrogens (tertiary/aromatic N) is 2. The van der Waals surface area contributed by atoms with Gasteiger partial charge in [-0.05, 0) is 59.5 Å². The maximum absolute atomic E-state index is 13.4. The normalized spacial score (nSPS) is 14.9. The highest BCUT2D eigenvalue weighted by molar-refractivity contribution is 6.03. The summed E-state index contributed by atoms with van der Waals surface area (Å²) in [7, 11) is 1.66. The van der Waals surface area contributed by atoms with E-state index in [0.717, 1.165) is 58.7 Å². The Labute approximate surface area is 204 Å². The van der Waals surface area contributed by atoms with Gasteiger partial charge in [0.15, 0.2) is 5.84 Å². The van der Waals surface area contributed by atoms with Gasteiger partial charge in [0.25, 0.3) is 5.91 Å². The van der Waals surface area contributed by atoms with Gasteiger partial charge in [0.2, 0.25) is 0 Å². The van der Waals surface area contributed by atoms with Crippen molar-refractivity contribution in [2.45, 2.75) is 44.7 Å². The van der Waals surface area contributed by atoms with Gasteiger partial charge in [-0.3, -0.25) is 4.79 Å². The number of aromatic nitrogens is 1. The lowest BCUT2D eigenvalue weighted by atomic mass is 9.95. The van der Waals surface area contributed by atoms with E-state index >= 15 is 0 Å². The quantitative estimate of drug-likeness (QED) is 0.160. The summed E-state index contributed by atoms with van der Waals surface area (Å²) in [5, 5.41) is 18.7. The number of amides is 1. The summed E-state index contributed by atoms with van der Waals surface area (Å²) in [5.74, 6) is 0.787. The van der Waals surface area contributed by atoms with E-state index in [1.54, 1.807) is 13.2 Å². The minimum absolute atomic E-state index is 0.0347. The molecule has 3 aromatic carbocycles. The Hall–Kier alpha value is -4.00. The van der Waals surface area contributed by atoms with E-state index in [1.165, 1.54) is 6.42 Å². The molecule has 1 amide bonds. The molecule has 4 N–H and O–H groups in total. The van der Waals surface area contributed by atoms with Crippen molar-refractivity contribution >= 4 is 33.4 Å². The van der Waals surface area contributed by atoms with Crippen LogP contribution in [0.4, 0.5) is 0 Å². The average Bonchev–Trinajstić information content (AvgIpc) is 3.26. The van der Waals surface area contributed by atoms with Crippen LogP contribution in [0.15, 0.2) is 65.8 Å². The zero-order valence-corrected chi connectivity index (χ0v) is 19.8. The molecule has 180 valence electrons. The molecule has 0 bridgehead atoms. The number of amidine groups is 1. The van der Waals surface area contributed by atoms with Crippen LogP contribution in [-0.4, -0.2) is 34.7 Å². The summed E-state index contributed by atoms with van der Waals surface area (Å²) in [6.07, 6.45) is 5.58. The van der Waals surface area contributed by atoms with E-state index < -0.39 is 0 Å². The Bertz CT molecular complexity index is 1420. The minimum Gasteiger partial charge on any atom is -0.497 e. The maximum atomic E-state index is 13.4. The summed E-state index contributed by atoms with van der Waals surface area (Å²) in [4.78, 5) is 13.4. The fourth-order valence-corrected chi connectivity index (χ4v) is 5.02. The van der Waals surface area contributed by atoms with Crippen LogP contribution in [0.3, 0.4) is 0 Å². The van der Waals surface area contributed by atoms with Gasteiger partial charge in [-0.25, -0.2) is 0 Å². The number of oxime groups is 1. The molecule has 1 aromatic heterocycles. The third-order valence-corrected chi connectivity index (χ3v) is 6.93. The third kappa shape index (κ3) is 4.67. The zero-order valence-electron chi connectivity index (χ0n) is 19.8. The second-order valence-electron chi connectivity index (χ2n) is 9.23.